The molecule has 4 aromatic carbocycles. The smallest absolute Gasteiger partial charge is 0.264 e. The maximum atomic E-state index is 14.4. The summed E-state index contributed by atoms with van der Waals surface area (Å²) in [5, 5.41) is 3.12. The molecule has 0 saturated carbocycles. The summed E-state index contributed by atoms with van der Waals surface area (Å²) < 4.78 is 34.7. The van der Waals surface area contributed by atoms with E-state index < -0.39 is 28.5 Å². The van der Waals surface area contributed by atoms with Gasteiger partial charge < -0.3 is 15.0 Å². The summed E-state index contributed by atoms with van der Waals surface area (Å²) in [6.45, 7) is 1.65. The molecule has 1 N–H and O–H groups in total. The molecule has 0 bridgehead atoms. The van der Waals surface area contributed by atoms with E-state index in [1.54, 1.807) is 37.3 Å². The van der Waals surface area contributed by atoms with E-state index in [2.05, 4.69) is 5.32 Å². The largest absolute Gasteiger partial charge is 0.495 e. The van der Waals surface area contributed by atoms with Crippen LogP contribution in [0.3, 0.4) is 0 Å². The lowest BCUT2D eigenvalue weighted by Crippen LogP contribution is -2.53. The number of benzene rings is 4. The summed E-state index contributed by atoms with van der Waals surface area (Å²) >= 11 is 6.31. The van der Waals surface area contributed by atoms with Crippen molar-refractivity contribution in [3.8, 4) is 5.75 Å². The number of halogens is 1. The number of ether oxygens (including phenoxy) is 1. The summed E-state index contributed by atoms with van der Waals surface area (Å²) in [4.78, 5) is 29.4. The molecule has 8 nitrogen and oxygen atoms in total. The fraction of sp³-hybridized carbons (Fsp3) is 0.212. The molecule has 0 aliphatic heterocycles. The molecular weight excluding hydrogens is 586 g/mol. The second-order valence-corrected chi connectivity index (χ2v) is 12.0. The van der Waals surface area contributed by atoms with Gasteiger partial charge >= 0.3 is 0 Å². The van der Waals surface area contributed by atoms with E-state index in [0.717, 1.165) is 15.4 Å². The van der Waals surface area contributed by atoms with E-state index in [1.807, 2.05) is 60.7 Å². The lowest BCUT2D eigenvalue weighted by atomic mass is 10.0. The van der Waals surface area contributed by atoms with E-state index in [9.17, 15) is 18.0 Å². The van der Waals surface area contributed by atoms with Crippen molar-refractivity contribution in [2.75, 3.05) is 24.5 Å². The number of nitrogens with zero attached hydrogens (tertiary/aromatic N) is 2. The fourth-order valence-electron chi connectivity index (χ4n) is 4.72. The molecular formula is C33H34ClN3O5S. The minimum atomic E-state index is -4.27. The molecule has 224 valence electrons. The van der Waals surface area contributed by atoms with E-state index >= 15 is 0 Å². The second-order valence-electron chi connectivity index (χ2n) is 9.75. The second kappa shape index (κ2) is 14.7. The molecule has 0 unspecified atom stereocenters. The summed E-state index contributed by atoms with van der Waals surface area (Å²) in [6.07, 6.45) is 0.233. The molecule has 10 heteroatoms. The first-order valence-electron chi connectivity index (χ1n) is 13.8. The number of rotatable bonds is 13. The molecule has 0 heterocycles. The van der Waals surface area contributed by atoms with Crippen LogP contribution in [-0.4, -0.2) is 51.4 Å². The van der Waals surface area contributed by atoms with Crippen molar-refractivity contribution in [1.29, 1.82) is 0 Å². The molecule has 0 aliphatic carbocycles. The Hall–Kier alpha value is -4.34. The standard InChI is InChI=1S/C33H34ClN3O5S/c1-3-35-33(39)30(21-25-13-7-4-8-14-25)36(23-26-15-9-5-10-16-26)32(38)24-37(29-22-27(34)19-20-31(29)42-2)43(40,41)28-17-11-6-12-18-28/h4-20,22,30H,3,21,23-24H2,1-2H3,(H,35,39)/t30-/m1/s1. The van der Waals surface area contributed by atoms with Gasteiger partial charge in [-0.1, -0.05) is 90.5 Å². The zero-order chi connectivity index (χ0) is 30.8. The molecule has 2 amide bonds. The summed E-state index contributed by atoms with van der Waals surface area (Å²) in [5.41, 5.74) is 1.75. The van der Waals surface area contributed by atoms with Gasteiger partial charge in [-0.25, -0.2) is 8.42 Å². The summed E-state index contributed by atoms with van der Waals surface area (Å²) in [5.74, 6) is -0.693. The Bertz CT molecular complexity index is 1620. The maximum Gasteiger partial charge on any atom is 0.264 e. The van der Waals surface area contributed by atoms with Crippen LogP contribution < -0.4 is 14.4 Å². The molecule has 0 saturated heterocycles. The number of carbonyl (C=O) groups is 2. The first-order valence-corrected chi connectivity index (χ1v) is 15.6. The summed E-state index contributed by atoms with van der Waals surface area (Å²) in [6, 6.07) is 30.1. The Morgan fingerprint density at radius 3 is 2.02 bits per heavy atom. The minimum absolute atomic E-state index is 0.0102. The summed E-state index contributed by atoms with van der Waals surface area (Å²) in [7, 11) is -2.86. The lowest BCUT2D eigenvalue weighted by molar-refractivity contribution is -0.140. The molecule has 0 fully saturated rings. The number of carbonyl (C=O) groups excluding carboxylic acids is 2. The number of anilines is 1. The molecule has 1 atom stereocenters. The SMILES string of the molecule is CCNC(=O)[C@@H](Cc1ccccc1)N(Cc1ccccc1)C(=O)CN(c1cc(Cl)ccc1OC)S(=O)(=O)c1ccccc1. The van der Waals surface area contributed by atoms with Gasteiger partial charge in [-0.05, 0) is 48.4 Å². The van der Waals surface area contributed by atoms with Crippen molar-refractivity contribution in [2.24, 2.45) is 0 Å². The van der Waals surface area contributed by atoms with Gasteiger partial charge in [0.2, 0.25) is 11.8 Å². The Balaban J connectivity index is 1.82. The third kappa shape index (κ3) is 7.94. The zero-order valence-corrected chi connectivity index (χ0v) is 25.6. The quantitative estimate of drug-likeness (QED) is 0.219. The van der Waals surface area contributed by atoms with Crippen molar-refractivity contribution in [3.63, 3.8) is 0 Å². The van der Waals surface area contributed by atoms with Crippen LogP contribution in [0.2, 0.25) is 5.02 Å². The Labute approximate surface area is 257 Å². The van der Waals surface area contributed by atoms with Crippen LogP contribution in [0.5, 0.6) is 5.75 Å². The minimum Gasteiger partial charge on any atom is -0.495 e. The molecule has 43 heavy (non-hydrogen) atoms. The zero-order valence-electron chi connectivity index (χ0n) is 24.0. The van der Waals surface area contributed by atoms with Crippen LogP contribution in [0.4, 0.5) is 5.69 Å². The van der Waals surface area contributed by atoms with Crippen LogP contribution in [0.25, 0.3) is 0 Å². The van der Waals surface area contributed by atoms with E-state index in [-0.39, 0.29) is 40.2 Å². The predicted octanol–water partition coefficient (Wildman–Crippen LogP) is 5.32. The van der Waals surface area contributed by atoms with Gasteiger partial charge in [-0.15, -0.1) is 0 Å². The van der Waals surface area contributed by atoms with Crippen molar-refractivity contribution in [1.82, 2.24) is 10.2 Å². The number of hydrogen-bond donors (Lipinski definition) is 1. The number of sulfonamides is 1. The number of amides is 2. The topological polar surface area (TPSA) is 96.0 Å². The van der Waals surface area contributed by atoms with E-state index in [1.165, 1.54) is 30.2 Å². The van der Waals surface area contributed by atoms with Gasteiger partial charge in [-0.2, -0.15) is 0 Å². The van der Waals surface area contributed by atoms with Gasteiger partial charge in [-0.3, -0.25) is 13.9 Å². The number of methoxy groups -OCH3 is 1. The molecule has 0 aromatic heterocycles. The monoisotopic (exact) mass is 619 g/mol. The maximum absolute atomic E-state index is 14.4. The average Bonchev–Trinajstić information content (AvgIpc) is 3.03. The fourth-order valence-corrected chi connectivity index (χ4v) is 6.32. The van der Waals surface area contributed by atoms with Crippen LogP contribution in [0.15, 0.2) is 114 Å². The van der Waals surface area contributed by atoms with Gasteiger partial charge in [0.1, 0.15) is 18.3 Å². The van der Waals surface area contributed by atoms with Gasteiger partial charge in [0, 0.05) is 24.5 Å². The van der Waals surface area contributed by atoms with Gasteiger partial charge in [0.05, 0.1) is 17.7 Å². The average molecular weight is 620 g/mol. The molecule has 4 rings (SSSR count). The molecule has 0 aliphatic rings. The first kappa shape index (κ1) is 31.6. The first-order chi connectivity index (χ1) is 20.7. The van der Waals surface area contributed by atoms with Crippen molar-refractivity contribution >= 4 is 39.1 Å². The number of likely N-dealkylation sites (N-methyl/N-ethyl adjacent to an activating group) is 1. The molecule has 0 spiro atoms. The van der Waals surface area contributed by atoms with Crippen LogP contribution in [-0.2, 0) is 32.6 Å². The van der Waals surface area contributed by atoms with Crippen LogP contribution in [0.1, 0.15) is 18.1 Å². The number of hydrogen-bond acceptors (Lipinski definition) is 5. The normalized spacial score (nSPS) is 11.8. The highest BCUT2D eigenvalue weighted by atomic mass is 35.5. The van der Waals surface area contributed by atoms with E-state index in [0.29, 0.717) is 6.54 Å². The molecule has 0 radical (unpaired) electrons. The third-order valence-electron chi connectivity index (χ3n) is 6.84. The van der Waals surface area contributed by atoms with Gasteiger partial charge in [0.15, 0.2) is 0 Å². The highest BCUT2D eigenvalue weighted by molar-refractivity contribution is 7.92. The van der Waals surface area contributed by atoms with Crippen LogP contribution in [0, 0.1) is 0 Å². The third-order valence-corrected chi connectivity index (χ3v) is 8.85. The van der Waals surface area contributed by atoms with Gasteiger partial charge in [0.25, 0.3) is 10.0 Å². The Morgan fingerprint density at radius 2 is 1.44 bits per heavy atom. The predicted molar refractivity (Wildman–Crippen MR) is 169 cm³/mol. The van der Waals surface area contributed by atoms with Crippen molar-refractivity contribution in [2.45, 2.75) is 30.8 Å². The van der Waals surface area contributed by atoms with E-state index in [4.69, 9.17) is 16.3 Å². The number of nitrogens with one attached hydrogen (secondary N) is 1. The lowest BCUT2D eigenvalue weighted by Gasteiger charge is -2.34. The Kier molecular flexibility index (Phi) is 10.8. The van der Waals surface area contributed by atoms with Crippen LogP contribution >= 0.6 is 11.6 Å². The van der Waals surface area contributed by atoms with Crippen molar-refractivity contribution in [3.05, 3.63) is 125 Å². The highest BCUT2D eigenvalue weighted by Crippen LogP contribution is 2.35. The molecule has 4 aromatic rings. The highest BCUT2D eigenvalue weighted by Gasteiger charge is 2.35. The van der Waals surface area contributed by atoms with Crippen molar-refractivity contribution < 1.29 is 22.7 Å². The Morgan fingerprint density at radius 1 is 0.860 bits per heavy atom.